The van der Waals surface area contributed by atoms with E-state index in [1.165, 1.54) is 0 Å². The van der Waals surface area contributed by atoms with Gasteiger partial charge in [0.25, 0.3) is 0 Å². The number of hydrogen-bond acceptors (Lipinski definition) is 3. The molecule has 1 aliphatic carbocycles. The van der Waals surface area contributed by atoms with Gasteiger partial charge in [-0.3, -0.25) is 14.4 Å². The van der Waals surface area contributed by atoms with Crippen LogP contribution in [0, 0.1) is 17.3 Å². The van der Waals surface area contributed by atoms with Crippen LogP contribution in [0.4, 0.5) is 4.79 Å². The van der Waals surface area contributed by atoms with E-state index < -0.39 is 23.3 Å². The summed E-state index contributed by atoms with van der Waals surface area (Å²) in [6.45, 7) is 3.85. The van der Waals surface area contributed by atoms with Crippen LogP contribution in [0.25, 0.3) is 5.32 Å². The largest absolute Gasteiger partial charge is 1.00 e. The van der Waals surface area contributed by atoms with Crippen LogP contribution in [0.2, 0.25) is 0 Å². The maximum absolute atomic E-state index is 12.0. The zero-order chi connectivity index (χ0) is 11.9. The Bertz CT molecular complexity index is 350. The summed E-state index contributed by atoms with van der Waals surface area (Å²) in [5.74, 6) is -1.03. The summed E-state index contributed by atoms with van der Waals surface area (Å²) in [6, 6.07) is -0.824. The Morgan fingerprint density at radius 3 is 2.53 bits per heavy atom. The van der Waals surface area contributed by atoms with Crippen LogP contribution < -0.4 is 34.9 Å². The zero-order valence-corrected chi connectivity index (χ0v) is 12.4. The Hall–Kier alpha value is -0.390. The van der Waals surface area contributed by atoms with Crippen LogP contribution in [-0.2, 0) is 9.59 Å². The molecule has 2 aliphatic rings. The summed E-state index contributed by atoms with van der Waals surface area (Å²) in [7, 11) is 0. The Morgan fingerprint density at radius 2 is 2.00 bits per heavy atom. The third kappa shape index (κ3) is 1.94. The number of nitrogens with one attached hydrogen (secondary N) is 1. The molecule has 0 radical (unpaired) electrons. The number of imide groups is 2. The number of amides is 4. The second-order valence-electron chi connectivity index (χ2n) is 4.63. The average molecular weight is 246 g/mol. The topological polar surface area (TPSA) is 77.3 Å². The summed E-state index contributed by atoms with van der Waals surface area (Å²) in [4.78, 5) is 35.0. The molecule has 4 amide bonds. The molecule has 1 saturated heterocycles. The van der Waals surface area contributed by atoms with Gasteiger partial charge in [0.1, 0.15) is 0 Å². The van der Waals surface area contributed by atoms with Crippen molar-refractivity contribution in [3.05, 3.63) is 5.32 Å². The molecule has 1 N–H and O–H groups in total. The van der Waals surface area contributed by atoms with Crippen molar-refractivity contribution in [1.29, 1.82) is 0 Å². The van der Waals surface area contributed by atoms with E-state index in [0.717, 1.165) is 19.3 Å². The summed E-state index contributed by atoms with van der Waals surface area (Å²) >= 11 is 0. The number of barbiturate groups is 1. The van der Waals surface area contributed by atoms with E-state index in [1.54, 1.807) is 0 Å². The fraction of sp³-hybridized carbons (Fsp3) is 0.727. The number of urea groups is 1. The number of nitrogens with zero attached hydrogens (tertiary/aromatic N) is 1. The molecule has 0 aromatic heterocycles. The molecule has 1 heterocycles. The van der Waals surface area contributed by atoms with Crippen LogP contribution >= 0.6 is 0 Å². The van der Waals surface area contributed by atoms with Crippen molar-refractivity contribution in [1.82, 2.24) is 5.32 Å². The van der Waals surface area contributed by atoms with Gasteiger partial charge in [-0.05, 0) is 24.7 Å². The number of carbonyl (C=O) groups excluding carboxylic acids is 3. The third-order valence-corrected chi connectivity index (χ3v) is 4.02. The molecule has 88 valence electrons. The summed E-state index contributed by atoms with van der Waals surface area (Å²) < 4.78 is 0. The number of hydrogen-bond donors (Lipinski definition) is 1. The molecule has 3 unspecified atom stereocenters. The van der Waals surface area contributed by atoms with Gasteiger partial charge in [0, 0.05) is 0 Å². The van der Waals surface area contributed by atoms with Gasteiger partial charge in [-0.1, -0.05) is 20.3 Å². The first-order valence-electron chi connectivity index (χ1n) is 5.65. The molecule has 2 rings (SSSR count). The molecule has 3 atom stereocenters. The third-order valence-electron chi connectivity index (χ3n) is 4.02. The van der Waals surface area contributed by atoms with E-state index in [4.69, 9.17) is 0 Å². The van der Waals surface area contributed by atoms with E-state index in [0.29, 0.717) is 0 Å². The molecular weight excluding hydrogens is 231 g/mol. The fourth-order valence-electron chi connectivity index (χ4n) is 3.14. The number of rotatable bonds is 1. The second kappa shape index (κ2) is 5.08. The molecule has 17 heavy (non-hydrogen) atoms. The molecular formula is C11H15N2NaO3. The van der Waals surface area contributed by atoms with Crippen molar-refractivity contribution in [2.24, 2.45) is 17.3 Å². The standard InChI is InChI=1S/C11H16N2O3.Na/c1-3-7-5-4-6(2)11(7)8(14)12-10(16)13-9(11)15;/h6-7H,3-5H2,1-2H3,(H2,12,13,14,15,16);/q;+1/p-1. The molecule has 0 aromatic carbocycles. The van der Waals surface area contributed by atoms with E-state index in [9.17, 15) is 14.4 Å². The minimum Gasteiger partial charge on any atom is -0.394 e. The molecule has 5 nitrogen and oxygen atoms in total. The van der Waals surface area contributed by atoms with Gasteiger partial charge < -0.3 is 10.6 Å². The van der Waals surface area contributed by atoms with E-state index in [1.807, 2.05) is 13.8 Å². The van der Waals surface area contributed by atoms with Crippen LogP contribution in [0.15, 0.2) is 0 Å². The molecule has 2 fully saturated rings. The second-order valence-corrected chi connectivity index (χ2v) is 4.63. The Kier molecular flexibility index (Phi) is 4.38. The van der Waals surface area contributed by atoms with Crippen LogP contribution in [-0.4, -0.2) is 17.8 Å². The fourth-order valence-corrected chi connectivity index (χ4v) is 3.14. The Balaban J connectivity index is 0.00000144. The van der Waals surface area contributed by atoms with Crippen molar-refractivity contribution in [3.8, 4) is 0 Å². The number of carbonyl (C=O) groups is 3. The summed E-state index contributed by atoms with van der Waals surface area (Å²) in [6.07, 6.45) is 2.44. The van der Waals surface area contributed by atoms with Crippen molar-refractivity contribution >= 4 is 17.8 Å². The normalized spacial score (nSPS) is 36.5. The molecule has 1 saturated carbocycles. The molecule has 0 bridgehead atoms. The van der Waals surface area contributed by atoms with Gasteiger partial charge in [-0.25, -0.2) is 0 Å². The summed E-state index contributed by atoms with van der Waals surface area (Å²) in [5, 5.41) is 5.58. The average Bonchev–Trinajstić information content (AvgIpc) is 2.53. The van der Waals surface area contributed by atoms with Crippen molar-refractivity contribution in [3.63, 3.8) is 0 Å². The predicted octanol–water partition coefficient (Wildman–Crippen LogP) is -1.42. The first-order chi connectivity index (χ1) is 7.53. The maximum Gasteiger partial charge on any atom is 1.00 e. The van der Waals surface area contributed by atoms with E-state index in [-0.39, 0.29) is 41.4 Å². The Labute approximate surface area is 122 Å². The Morgan fingerprint density at radius 1 is 1.35 bits per heavy atom. The van der Waals surface area contributed by atoms with Gasteiger partial charge in [-0.15, -0.1) is 0 Å². The first-order valence-corrected chi connectivity index (χ1v) is 5.65. The minimum atomic E-state index is -1.08. The molecule has 0 aromatic rings. The van der Waals surface area contributed by atoms with Crippen molar-refractivity contribution in [2.45, 2.75) is 33.1 Å². The van der Waals surface area contributed by atoms with Gasteiger partial charge in [0.15, 0.2) is 17.8 Å². The zero-order valence-electron chi connectivity index (χ0n) is 10.4. The smallest absolute Gasteiger partial charge is 0.394 e. The predicted molar refractivity (Wildman–Crippen MR) is 56.5 cm³/mol. The quantitative estimate of drug-likeness (QED) is 0.456. The van der Waals surface area contributed by atoms with Gasteiger partial charge in [0.05, 0.1) is 5.41 Å². The van der Waals surface area contributed by atoms with Crippen LogP contribution in [0.5, 0.6) is 0 Å². The molecule has 6 heteroatoms. The van der Waals surface area contributed by atoms with Crippen molar-refractivity contribution < 1.29 is 43.9 Å². The van der Waals surface area contributed by atoms with E-state index >= 15 is 0 Å². The van der Waals surface area contributed by atoms with Crippen LogP contribution in [0.1, 0.15) is 33.1 Å². The monoisotopic (exact) mass is 246 g/mol. The maximum atomic E-state index is 12.0. The SMILES string of the molecule is CCC1CCC(C)C12C(=O)[N-]C(=O)NC2=O.[Na+]. The molecule has 1 spiro atoms. The van der Waals surface area contributed by atoms with Gasteiger partial charge >= 0.3 is 29.6 Å². The first kappa shape index (κ1) is 14.7. The molecule has 1 aliphatic heterocycles. The van der Waals surface area contributed by atoms with E-state index in [2.05, 4.69) is 10.6 Å². The van der Waals surface area contributed by atoms with Crippen molar-refractivity contribution in [2.75, 3.05) is 0 Å². The van der Waals surface area contributed by atoms with Crippen LogP contribution in [0.3, 0.4) is 0 Å². The minimum absolute atomic E-state index is 0. The van der Waals surface area contributed by atoms with Gasteiger partial charge in [-0.2, -0.15) is 0 Å². The summed E-state index contributed by atoms with van der Waals surface area (Å²) in [5.41, 5.74) is -1.08. The van der Waals surface area contributed by atoms with Gasteiger partial charge in [0.2, 0.25) is 0 Å².